The Morgan fingerprint density at radius 3 is 2.62 bits per heavy atom. The van der Waals surface area contributed by atoms with Crippen molar-refractivity contribution in [2.24, 2.45) is 0 Å². The summed E-state index contributed by atoms with van der Waals surface area (Å²) in [4.78, 5) is 16.1. The summed E-state index contributed by atoms with van der Waals surface area (Å²) in [5.74, 6) is 1.01. The Morgan fingerprint density at radius 1 is 1.31 bits per heavy atom. The molecule has 1 aromatic carbocycles. The van der Waals surface area contributed by atoms with Crippen molar-refractivity contribution in [1.82, 2.24) is 5.06 Å². The summed E-state index contributed by atoms with van der Waals surface area (Å²) in [5.41, 5.74) is 0. The zero-order valence-corrected chi connectivity index (χ0v) is 9.60. The Labute approximate surface area is 94.5 Å². The van der Waals surface area contributed by atoms with E-state index in [-0.39, 0.29) is 12.5 Å². The molecular weight excluding hydrogens is 210 g/mol. The quantitative estimate of drug-likeness (QED) is 0.704. The summed E-state index contributed by atoms with van der Waals surface area (Å²) in [6.07, 6.45) is 0. The first-order chi connectivity index (χ1) is 7.67. The van der Waals surface area contributed by atoms with Crippen LogP contribution in [0.1, 0.15) is 0 Å². The summed E-state index contributed by atoms with van der Waals surface area (Å²) in [7, 11) is 4.52. The van der Waals surface area contributed by atoms with Crippen molar-refractivity contribution in [1.29, 1.82) is 0 Å². The van der Waals surface area contributed by atoms with Gasteiger partial charge in [0.2, 0.25) is 0 Å². The monoisotopic (exact) mass is 225 g/mol. The molecule has 0 aliphatic carbocycles. The number of hydrogen-bond acceptors (Lipinski definition) is 4. The molecule has 0 N–H and O–H groups in total. The van der Waals surface area contributed by atoms with Crippen LogP contribution in [0.3, 0.4) is 0 Å². The van der Waals surface area contributed by atoms with E-state index in [4.69, 9.17) is 14.3 Å². The third-order valence-corrected chi connectivity index (χ3v) is 2.03. The van der Waals surface area contributed by atoms with Crippen LogP contribution in [0.15, 0.2) is 24.3 Å². The maximum absolute atomic E-state index is 11.3. The van der Waals surface area contributed by atoms with E-state index in [0.29, 0.717) is 11.5 Å². The lowest BCUT2D eigenvalue weighted by Gasteiger charge is -2.14. The number of carbonyl (C=O) groups is 1. The van der Waals surface area contributed by atoms with Gasteiger partial charge in [0.15, 0.2) is 6.61 Å². The number of methoxy groups -OCH3 is 1. The van der Waals surface area contributed by atoms with Gasteiger partial charge in [0.25, 0.3) is 5.91 Å². The number of ether oxygens (including phenoxy) is 2. The summed E-state index contributed by atoms with van der Waals surface area (Å²) in [5, 5.41) is 1.11. The summed E-state index contributed by atoms with van der Waals surface area (Å²) >= 11 is 0. The second-order valence-corrected chi connectivity index (χ2v) is 3.04. The minimum Gasteiger partial charge on any atom is -0.497 e. The van der Waals surface area contributed by atoms with Crippen LogP contribution in [-0.2, 0) is 9.63 Å². The molecule has 1 aromatic rings. The van der Waals surface area contributed by atoms with E-state index < -0.39 is 0 Å². The van der Waals surface area contributed by atoms with Crippen molar-refractivity contribution < 1.29 is 19.1 Å². The highest BCUT2D eigenvalue weighted by atomic mass is 16.7. The Bertz CT molecular complexity index is 354. The molecule has 0 fully saturated rings. The van der Waals surface area contributed by atoms with Gasteiger partial charge in [-0.2, -0.15) is 0 Å². The zero-order chi connectivity index (χ0) is 12.0. The first kappa shape index (κ1) is 12.3. The predicted molar refractivity (Wildman–Crippen MR) is 58.3 cm³/mol. The maximum atomic E-state index is 11.3. The molecular formula is C11H15NO4. The normalized spacial score (nSPS) is 9.69. The molecule has 0 aliphatic heterocycles. The molecule has 0 unspecified atom stereocenters. The molecule has 1 amide bonds. The molecule has 0 radical (unpaired) electrons. The van der Waals surface area contributed by atoms with Crippen LogP contribution in [0.5, 0.6) is 11.5 Å². The van der Waals surface area contributed by atoms with E-state index in [1.807, 2.05) is 0 Å². The molecule has 0 bridgehead atoms. The highest BCUT2D eigenvalue weighted by molar-refractivity contribution is 5.76. The van der Waals surface area contributed by atoms with E-state index in [1.54, 1.807) is 31.4 Å². The van der Waals surface area contributed by atoms with Crippen molar-refractivity contribution in [2.75, 3.05) is 27.9 Å². The lowest BCUT2D eigenvalue weighted by Crippen LogP contribution is -2.30. The van der Waals surface area contributed by atoms with E-state index in [0.717, 1.165) is 5.06 Å². The maximum Gasteiger partial charge on any atom is 0.283 e. The fraction of sp³-hybridized carbons (Fsp3) is 0.364. The predicted octanol–water partition coefficient (Wildman–Crippen LogP) is 1.09. The molecule has 88 valence electrons. The third-order valence-electron chi connectivity index (χ3n) is 2.03. The van der Waals surface area contributed by atoms with Gasteiger partial charge in [-0.05, 0) is 12.1 Å². The number of amides is 1. The topological polar surface area (TPSA) is 48.0 Å². The van der Waals surface area contributed by atoms with Gasteiger partial charge in [-0.15, -0.1) is 0 Å². The van der Waals surface area contributed by atoms with Crippen LogP contribution in [-0.4, -0.2) is 38.8 Å². The summed E-state index contributed by atoms with van der Waals surface area (Å²) < 4.78 is 10.3. The van der Waals surface area contributed by atoms with E-state index >= 15 is 0 Å². The van der Waals surface area contributed by atoms with Crippen LogP contribution in [0.25, 0.3) is 0 Å². The van der Waals surface area contributed by atoms with Crippen molar-refractivity contribution in [3.8, 4) is 11.5 Å². The number of carbonyl (C=O) groups excluding carboxylic acids is 1. The molecule has 16 heavy (non-hydrogen) atoms. The van der Waals surface area contributed by atoms with Crippen LogP contribution in [0.2, 0.25) is 0 Å². The van der Waals surface area contributed by atoms with Gasteiger partial charge in [-0.1, -0.05) is 6.07 Å². The number of nitrogens with zero attached hydrogens (tertiary/aromatic N) is 1. The minimum atomic E-state index is -0.259. The Kier molecular flexibility index (Phi) is 4.60. The van der Waals surface area contributed by atoms with Crippen LogP contribution in [0.4, 0.5) is 0 Å². The van der Waals surface area contributed by atoms with Crippen molar-refractivity contribution >= 4 is 5.91 Å². The summed E-state index contributed by atoms with van der Waals surface area (Å²) in [6, 6.07) is 7.05. The number of likely N-dealkylation sites (N-methyl/N-ethyl adjacent to an activating group) is 1. The fourth-order valence-electron chi connectivity index (χ4n) is 1.03. The Morgan fingerprint density at radius 2 is 2.00 bits per heavy atom. The number of hydrogen-bond donors (Lipinski definition) is 0. The molecule has 0 spiro atoms. The van der Waals surface area contributed by atoms with Crippen molar-refractivity contribution in [2.45, 2.75) is 0 Å². The lowest BCUT2D eigenvalue weighted by molar-refractivity contribution is -0.170. The van der Waals surface area contributed by atoms with Gasteiger partial charge in [0.05, 0.1) is 14.2 Å². The Hall–Kier alpha value is -1.75. The molecule has 1 rings (SSSR count). The molecule has 5 heteroatoms. The van der Waals surface area contributed by atoms with Gasteiger partial charge in [-0.3, -0.25) is 9.63 Å². The smallest absolute Gasteiger partial charge is 0.283 e. The Balaban J connectivity index is 2.51. The molecule has 0 aromatic heterocycles. The van der Waals surface area contributed by atoms with Gasteiger partial charge in [0.1, 0.15) is 11.5 Å². The van der Waals surface area contributed by atoms with E-state index in [9.17, 15) is 4.79 Å². The molecule has 0 aliphatic rings. The highest BCUT2D eigenvalue weighted by Crippen LogP contribution is 2.18. The van der Waals surface area contributed by atoms with E-state index in [2.05, 4.69) is 0 Å². The molecule has 0 saturated heterocycles. The van der Waals surface area contributed by atoms with Crippen molar-refractivity contribution in [3.05, 3.63) is 24.3 Å². The van der Waals surface area contributed by atoms with Crippen LogP contribution < -0.4 is 9.47 Å². The van der Waals surface area contributed by atoms with Crippen LogP contribution >= 0.6 is 0 Å². The van der Waals surface area contributed by atoms with Gasteiger partial charge in [0, 0.05) is 13.1 Å². The van der Waals surface area contributed by atoms with Gasteiger partial charge >= 0.3 is 0 Å². The van der Waals surface area contributed by atoms with E-state index in [1.165, 1.54) is 14.2 Å². The first-order valence-corrected chi connectivity index (χ1v) is 4.75. The zero-order valence-electron chi connectivity index (χ0n) is 9.60. The average Bonchev–Trinajstić information content (AvgIpc) is 2.35. The second kappa shape index (κ2) is 5.97. The lowest BCUT2D eigenvalue weighted by atomic mass is 10.3. The first-order valence-electron chi connectivity index (χ1n) is 4.75. The SMILES string of the molecule is COc1cccc(OCC(=O)N(C)OC)c1. The number of rotatable bonds is 5. The second-order valence-electron chi connectivity index (χ2n) is 3.04. The van der Waals surface area contributed by atoms with Crippen molar-refractivity contribution in [3.63, 3.8) is 0 Å². The van der Waals surface area contributed by atoms with Gasteiger partial charge < -0.3 is 9.47 Å². The standard InChI is InChI=1S/C11H15NO4/c1-12(15-3)11(13)8-16-10-6-4-5-9(7-10)14-2/h4-7H,8H2,1-3H3. The summed E-state index contributed by atoms with van der Waals surface area (Å²) in [6.45, 7) is -0.0719. The van der Waals surface area contributed by atoms with Gasteiger partial charge in [-0.25, -0.2) is 5.06 Å². The van der Waals surface area contributed by atoms with Crippen LogP contribution in [0, 0.1) is 0 Å². The molecule has 0 atom stereocenters. The largest absolute Gasteiger partial charge is 0.497 e. The third kappa shape index (κ3) is 3.43. The minimum absolute atomic E-state index is 0.0719. The number of hydroxylamine groups is 2. The molecule has 0 saturated carbocycles. The fourth-order valence-corrected chi connectivity index (χ4v) is 1.03. The number of benzene rings is 1. The molecule has 5 nitrogen and oxygen atoms in total. The molecule has 0 heterocycles. The average molecular weight is 225 g/mol. The highest BCUT2D eigenvalue weighted by Gasteiger charge is 2.08.